The molecule has 158 valence electrons. The first-order chi connectivity index (χ1) is 14.2. The molecule has 0 saturated carbocycles. The predicted molar refractivity (Wildman–Crippen MR) is 109 cm³/mol. The molecule has 0 aliphatic carbocycles. The smallest absolute Gasteiger partial charge is 0.416 e. The fourth-order valence-electron chi connectivity index (χ4n) is 2.81. The Morgan fingerprint density at radius 3 is 2.43 bits per heavy atom. The Morgan fingerprint density at radius 2 is 1.83 bits per heavy atom. The van der Waals surface area contributed by atoms with Crippen molar-refractivity contribution in [3.05, 3.63) is 59.8 Å². The van der Waals surface area contributed by atoms with E-state index in [4.69, 9.17) is 4.74 Å². The summed E-state index contributed by atoms with van der Waals surface area (Å²) in [6, 6.07) is 9.28. The van der Waals surface area contributed by atoms with E-state index in [9.17, 15) is 22.8 Å². The van der Waals surface area contributed by atoms with Crippen molar-refractivity contribution in [2.75, 3.05) is 23.6 Å². The second kappa shape index (κ2) is 8.70. The number of nitrogens with one attached hydrogen (secondary N) is 2. The Kier molecular flexibility index (Phi) is 6.25. The summed E-state index contributed by atoms with van der Waals surface area (Å²) in [5.41, 5.74) is 2.11. The summed E-state index contributed by atoms with van der Waals surface area (Å²) in [5, 5.41) is 2.82. The highest BCUT2D eigenvalue weighted by atomic mass is 32.2. The van der Waals surface area contributed by atoms with E-state index in [0.717, 1.165) is 21.7 Å². The van der Waals surface area contributed by atoms with Crippen LogP contribution in [0.5, 0.6) is 0 Å². The van der Waals surface area contributed by atoms with Crippen LogP contribution in [0.15, 0.2) is 53.6 Å². The number of ether oxygens (including phenoxy) is 1. The van der Waals surface area contributed by atoms with Crippen LogP contribution in [0.2, 0.25) is 0 Å². The van der Waals surface area contributed by atoms with Crippen molar-refractivity contribution in [1.82, 2.24) is 4.68 Å². The van der Waals surface area contributed by atoms with E-state index in [1.54, 1.807) is 30.8 Å². The number of anilines is 1. The maximum atomic E-state index is 13.1. The predicted octanol–water partition coefficient (Wildman–Crippen LogP) is 5.33. The Labute approximate surface area is 174 Å². The number of alkyl halides is 3. The molecule has 0 aliphatic heterocycles. The Balaban J connectivity index is 1.93. The van der Waals surface area contributed by atoms with Crippen molar-refractivity contribution in [3.63, 3.8) is 0 Å². The molecular formula is C20H18F3N3O3S. The van der Waals surface area contributed by atoms with Gasteiger partial charge in [-0.2, -0.15) is 13.2 Å². The summed E-state index contributed by atoms with van der Waals surface area (Å²) in [7, 11) is 0. The summed E-state index contributed by atoms with van der Waals surface area (Å²) < 4.78 is 45.5. The molecule has 1 aromatic heterocycles. The van der Waals surface area contributed by atoms with Gasteiger partial charge in [0.2, 0.25) is 0 Å². The Morgan fingerprint density at radius 1 is 1.13 bits per heavy atom. The van der Waals surface area contributed by atoms with E-state index < -0.39 is 23.7 Å². The number of nitrogens with zero attached hydrogens (tertiary/aromatic N) is 1. The quantitative estimate of drug-likeness (QED) is 0.418. The summed E-state index contributed by atoms with van der Waals surface area (Å²) in [5.74, 6) is -0.698. The average molecular weight is 437 g/mol. The third-order valence-corrected chi connectivity index (χ3v) is 4.94. The zero-order valence-electron chi connectivity index (χ0n) is 16.0. The fraction of sp³-hybridized carbons (Fsp3) is 0.200. The molecule has 2 N–H and O–H groups in total. The van der Waals surface area contributed by atoms with Crippen molar-refractivity contribution in [3.8, 4) is 0 Å². The van der Waals surface area contributed by atoms with Crippen LogP contribution in [0.1, 0.15) is 22.8 Å². The van der Waals surface area contributed by atoms with Gasteiger partial charge in [-0.25, -0.2) is 15.0 Å². The maximum Gasteiger partial charge on any atom is 0.416 e. The van der Waals surface area contributed by atoms with E-state index in [2.05, 4.69) is 10.7 Å². The maximum absolute atomic E-state index is 13.1. The number of fused-ring (bicyclic) bond motifs is 1. The van der Waals surface area contributed by atoms with E-state index >= 15 is 0 Å². The zero-order chi connectivity index (χ0) is 21.9. The zero-order valence-corrected chi connectivity index (χ0v) is 16.9. The average Bonchev–Trinajstić information content (AvgIpc) is 3.06. The van der Waals surface area contributed by atoms with Gasteiger partial charge in [-0.05, 0) is 49.6 Å². The standard InChI is InChI=1S/C20H18F3N3O3S/c1-3-29-18(27)16-11-26(17-10-12(20(21,22)23)4-9-15(16)17)25-19(28)24-13-5-7-14(30-2)8-6-13/h4-11H,3H2,1-2H3,(H2,24,25,28). The van der Waals surface area contributed by atoms with Crippen LogP contribution in [0.4, 0.5) is 23.7 Å². The summed E-state index contributed by atoms with van der Waals surface area (Å²) in [4.78, 5) is 25.6. The largest absolute Gasteiger partial charge is 0.462 e. The third kappa shape index (κ3) is 4.70. The van der Waals surface area contributed by atoms with Gasteiger partial charge in [0.25, 0.3) is 0 Å². The lowest BCUT2D eigenvalue weighted by atomic mass is 10.1. The monoisotopic (exact) mass is 437 g/mol. The molecule has 2 aromatic carbocycles. The SMILES string of the molecule is CCOC(=O)c1cn(NC(=O)Nc2ccc(SC)cc2)c2cc(C(F)(F)F)ccc12. The highest BCUT2D eigenvalue weighted by Crippen LogP contribution is 2.33. The molecule has 0 bridgehead atoms. The van der Waals surface area contributed by atoms with Crippen LogP contribution >= 0.6 is 11.8 Å². The number of thioether (sulfide) groups is 1. The number of hydrogen-bond donors (Lipinski definition) is 2. The van der Waals surface area contributed by atoms with Gasteiger partial charge >= 0.3 is 18.2 Å². The van der Waals surface area contributed by atoms with Crippen molar-refractivity contribution >= 4 is 40.4 Å². The molecule has 1 heterocycles. The molecule has 30 heavy (non-hydrogen) atoms. The van der Waals surface area contributed by atoms with Crippen molar-refractivity contribution in [2.45, 2.75) is 18.0 Å². The number of rotatable bonds is 5. The fourth-order valence-corrected chi connectivity index (χ4v) is 3.22. The van der Waals surface area contributed by atoms with Crippen LogP contribution in [0.25, 0.3) is 10.9 Å². The lowest BCUT2D eigenvalue weighted by molar-refractivity contribution is -0.137. The molecule has 0 unspecified atom stereocenters. The van der Waals surface area contributed by atoms with E-state index in [1.807, 2.05) is 18.4 Å². The number of carbonyl (C=O) groups is 2. The highest BCUT2D eigenvalue weighted by Gasteiger charge is 2.31. The van der Waals surface area contributed by atoms with Gasteiger partial charge in [0.1, 0.15) is 0 Å². The molecular weight excluding hydrogens is 419 g/mol. The summed E-state index contributed by atoms with van der Waals surface area (Å²) >= 11 is 1.54. The first-order valence-corrected chi connectivity index (χ1v) is 10.1. The van der Waals surface area contributed by atoms with Gasteiger partial charge in [-0.1, -0.05) is 6.07 Å². The normalized spacial score (nSPS) is 11.4. The van der Waals surface area contributed by atoms with E-state index in [0.29, 0.717) is 5.69 Å². The minimum atomic E-state index is -4.57. The molecule has 0 fully saturated rings. The molecule has 0 spiro atoms. The first-order valence-electron chi connectivity index (χ1n) is 8.84. The molecule has 6 nitrogen and oxygen atoms in total. The first kappa shape index (κ1) is 21.6. The molecule has 10 heteroatoms. The number of hydrogen-bond acceptors (Lipinski definition) is 4. The van der Waals surface area contributed by atoms with Gasteiger partial charge in [0, 0.05) is 22.2 Å². The van der Waals surface area contributed by atoms with Crippen LogP contribution in [0.3, 0.4) is 0 Å². The second-order valence-corrected chi connectivity index (χ2v) is 7.04. The minimum Gasteiger partial charge on any atom is -0.462 e. The van der Waals surface area contributed by atoms with Gasteiger partial charge in [0.15, 0.2) is 0 Å². The van der Waals surface area contributed by atoms with Crippen LogP contribution in [-0.4, -0.2) is 29.5 Å². The Bertz CT molecular complexity index is 1080. The molecule has 0 aliphatic rings. The molecule has 3 rings (SSSR count). The number of carbonyl (C=O) groups excluding carboxylic acids is 2. The number of urea groups is 1. The van der Waals surface area contributed by atoms with Crippen LogP contribution < -0.4 is 10.7 Å². The molecule has 0 radical (unpaired) electrons. The lowest BCUT2D eigenvalue weighted by Crippen LogP contribution is -2.27. The van der Waals surface area contributed by atoms with Gasteiger partial charge in [0.05, 0.1) is 23.3 Å². The highest BCUT2D eigenvalue weighted by molar-refractivity contribution is 7.98. The van der Waals surface area contributed by atoms with Crippen LogP contribution in [0, 0.1) is 0 Å². The lowest BCUT2D eigenvalue weighted by Gasteiger charge is -2.11. The topological polar surface area (TPSA) is 72.4 Å². The number of halogens is 3. The number of aromatic nitrogens is 1. The number of amides is 2. The summed E-state index contributed by atoms with van der Waals surface area (Å²) in [6.07, 6.45) is -1.42. The van der Waals surface area contributed by atoms with Crippen molar-refractivity contribution in [1.29, 1.82) is 0 Å². The number of esters is 1. The van der Waals surface area contributed by atoms with Gasteiger partial charge in [-0.3, -0.25) is 4.68 Å². The molecule has 2 amide bonds. The molecule has 0 atom stereocenters. The van der Waals surface area contributed by atoms with Crippen molar-refractivity contribution < 1.29 is 27.5 Å². The van der Waals surface area contributed by atoms with Crippen molar-refractivity contribution in [2.24, 2.45) is 0 Å². The van der Waals surface area contributed by atoms with Crippen LogP contribution in [-0.2, 0) is 10.9 Å². The molecule has 3 aromatic rings. The second-order valence-electron chi connectivity index (χ2n) is 6.16. The minimum absolute atomic E-state index is 0.0146. The van der Waals surface area contributed by atoms with E-state index in [-0.39, 0.29) is 23.1 Å². The number of benzene rings is 2. The Hall–Kier alpha value is -3.14. The summed E-state index contributed by atoms with van der Waals surface area (Å²) in [6.45, 7) is 1.72. The van der Waals surface area contributed by atoms with E-state index in [1.165, 1.54) is 12.3 Å². The van der Waals surface area contributed by atoms with Gasteiger partial charge < -0.3 is 10.1 Å². The molecule has 0 saturated heterocycles. The third-order valence-electron chi connectivity index (χ3n) is 4.20. The van der Waals surface area contributed by atoms with Gasteiger partial charge in [-0.15, -0.1) is 11.8 Å².